The minimum atomic E-state index is -3.51. The lowest BCUT2D eigenvalue weighted by molar-refractivity contribution is 0.312. The summed E-state index contributed by atoms with van der Waals surface area (Å²) in [5, 5.41) is 0. The highest BCUT2D eigenvalue weighted by atomic mass is 79.9. The molecule has 0 spiro atoms. The fourth-order valence-electron chi connectivity index (χ4n) is 3.67. The Morgan fingerprint density at radius 2 is 1.41 bits per heavy atom. The van der Waals surface area contributed by atoms with E-state index in [0.29, 0.717) is 35.5 Å². The van der Waals surface area contributed by atoms with Crippen LogP contribution in [-0.4, -0.2) is 87.0 Å². The smallest absolute Gasteiger partial charge is 0.244 e. The number of sulfonamides is 1. The van der Waals surface area contributed by atoms with Gasteiger partial charge in [-0.3, -0.25) is 0 Å². The molecule has 156 valence electrons. The van der Waals surface area contributed by atoms with E-state index in [9.17, 15) is 8.42 Å². The van der Waals surface area contributed by atoms with E-state index in [1.54, 1.807) is 28.8 Å². The van der Waals surface area contributed by atoms with Crippen molar-refractivity contribution in [2.45, 2.75) is 4.90 Å². The average molecular weight is 481 g/mol. The van der Waals surface area contributed by atoms with Crippen LogP contribution in [0, 0.1) is 0 Å². The van der Waals surface area contributed by atoms with Gasteiger partial charge in [-0.1, -0.05) is 12.1 Å². The standard InChI is InChI=1S/C19H25BrN6O2S/c1-23-6-8-24(9-7-23)18-14-19(22-15-21-18)25-10-12-26(13-11-25)29(27,28)17-5-3-2-4-16(17)20/h2-5,14-15H,6-13H2,1H3. The maximum Gasteiger partial charge on any atom is 0.244 e. The van der Waals surface area contributed by atoms with Crippen LogP contribution in [0.5, 0.6) is 0 Å². The summed E-state index contributed by atoms with van der Waals surface area (Å²) in [7, 11) is -1.39. The second kappa shape index (κ2) is 8.55. The second-order valence-corrected chi connectivity index (χ2v) is 10.1. The van der Waals surface area contributed by atoms with E-state index < -0.39 is 10.0 Å². The van der Waals surface area contributed by atoms with Gasteiger partial charge in [0.05, 0.1) is 4.90 Å². The lowest BCUT2D eigenvalue weighted by atomic mass is 10.3. The van der Waals surface area contributed by atoms with Crippen LogP contribution in [0.25, 0.3) is 0 Å². The predicted molar refractivity (Wildman–Crippen MR) is 117 cm³/mol. The molecule has 0 aliphatic carbocycles. The largest absolute Gasteiger partial charge is 0.354 e. The zero-order valence-corrected chi connectivity index (χ0v) is 18.8. The molecule has 1 aromatic carbocycles. The second-order valence-electron chi connectivity index (χ2n) is 7.35. The lowest BCUT2D eigenvalue weighted by Crippen LogP contribution is -2.49. The van der Waals surface area contributed by atoms with E-state index >= 15 is 0 Å². The number of anilines is 2. The van der Waals surface area contributed by atoms with Crippen LogP contribution in [0.3, 0.4) is 0 Å². The molecule has 2 aliphatic rings. The fourth-order valence-corrected chi connectivity index (χ4v) is 6.05. The van der Waals surface area contributed by atoms with Crippen molar-refractivity contribution in [1.82, 2.24) is 19.2 Å². The molecule has 3 heterocycles. The molecule has 4 rings (SSSR count). The third kappa shape index (κ3) is 4.40. The number of piperazine rings is 2. The summed E-state index contributed by atoms with van der Waals surface area (Å²) in [5.41, 5.74) is 0. The first-order valence-electron chi connectivity index (χ1n) is 9.70. The Kier molecular flexibility index (Phi) is 6.05. The Hall–Kier alpha value is -1.75. The first kappa shape index (κ1) is 20.5. The van der Waals surface area contributed by atoms with Crippen molar-refractivity contribution in [3.8, 4) is 0 Å². The molecule has 0 saturated carbocycles. The van der Waals surface area contributed by atoms with Crippen LogP contribution in [0.1, 0.15) is 0 Å². The van der Waals surface area contributed by atoms with Gasteiger partial charge in [-0.05, 0) is 35.1 Å². The summed E-state index contributed by atoms with van der Waals surface area (Å²) in [5.74, 6) is 1.79. The minimum absolute atomic E-state index is 0.313. The van der Waals surface area contributed by atoms with E-state index in [2.05, 4.69) is 47.6 Å². The average Bonchev–Trinajstić information content (AvgIpc) is 2.75. The van der Waals surface area contributed by atoms with E-state index in [0.717, 1.165) is 37.8 Å². The van der Waals surface area contributed by atoms with Crippen molar-refractivity contribution < 1.29 is 8.42 Å². The van der Waals surface area contributed by atoms with E-state index in [1.165, 1.54) is 0 Å². The number of hydrogen-bond donors (Lipinski definition) is 0. The zero-order chi connectivity index (χ0) is 20.4. The number of halogens is 1. The van der Waals surface area contributed by atoms with E-state index in [-0.39, 0.29) is 0 Å². The van der Waals surface area contributed by atoms with Crippen molar-refractivity contribution in [2.24, 2.45) is 0 Å². The highest BCUT2D eigenvalue weighted by molar-refractivity contribution is 9.10. The molecule has 0 radical (unpaired) electrons. The molecule has 0 amide bonds. The molecule has 0 bridgehead atoms. The number of benzene rings is 1. The summed E-state index contributed by atoms with van der Waals surface area (Å²) in [4.78, 5) is 15.9. The molecule has 0 atom stereocenters. The van der Waals surface area contributed by atoms with Gasteiger partial charge < -0.3 is 14.7 Å². The first-order chi connectivity index (χ1) is 13.9. The SMILES string of the molecule is CN1CCN(c2cc(N3CCN(S(=O)(=O)c4ccccc4Br)CC3)ncn2)CC1. The van der Waals surface area contributed by atoms with Gasteiger partial charge in [-0.25, -0.2) is 18.4 Å². The van der Waals surface area contributed by atoms with Gasteiger partial charge in [0.25, 0.3) is 0 Å². The Morgan fingerprint density at radius 1 is 0.862 bits per heavy atom. The van der Waals surface area contributed by atoms with Gasteiger partial charge in [0.2, 0.25) is 10.0 Å². The lowest BCUT2D eigenvalue weighted by Gasteiger charge is -2.36. The third-order valence-corrected chi connectivity index (χ3v) is 8.39. The van der Waals surface area contributed by atoms with Crippen molar-refractivity contribution >= 4 is 37.6 Å². The van der Waals surface area contributed by atoms with Gasteiger partial charge in [0.1, 0.15) is 18.0 Å². The fraction of sp³-hybridized carbons (Fsp3) is 0.474. The molecule has 2 saturated heterocycles. The Labute approximate surface area is 180 Å². The van der Waals surface area contributed by atoms with Gasteiger partial charge in [0.15, 0.2) is 0 Å². The Balaban J connectivity index is 1.44. The van der Waals surface area contributed by atoms with E-state index in [1.807, 2.05) is 12.1 Å². The molecule has 8 nitrogen and oxygen atoms in total. The topological polar surface area (TPSA) is 72.9 Å². The zero-order valence-electron chi connectivity index (χ0n) is 16.4. The molecule has 10 heteroatoms. The first-order valence-corrected chi connectivity index (χ1v) is 11.9. The summed E-state index contributed by atoms with van der Waals surface area (Å²) < 4.78 is 28.1. The van der Waals surface area contributed by atoms with Gasteiger partial charge in [-0.15, -0.1) is 0 Å². The normalized spacial score (nSPS) is 19.5. The molecular weight excluding hydrogens is 456 g/mol. The number of hydrogen-bond acceptors (Lipinski definition) is 7. The molecule has 29 heavy (non-hydrogen) atoms. The molecule has 2 aromatic rings. The summed E-state index contributed by atoms with van der Waals surface area (Å²) in [6.45, 7) is 5.99. The van der Waals surface area contributed by atoms with Crippen molar-refractivity contribution in [2.75, 3.05) is 69.2 Å². The van der Waals surface area contributed by atoms with Crippen LogP contribution < -0.4 is 9.80 Å². The van der Waals surface area contributed by atoms with Gasteiger partial charge >= 0.3 is 0 Å². The summed E-state index contributed by atoms with van der Waals surface area (Å²) in [6.07, 6.45) is 1.60. The van der Waals surface area contributed by atoms with Crippen LogP contribution >= 0.6 is 15.9 Å². The minimum Gasteiger partial charge on any atom is -0.354 e. The summed E-state index contributed by atoms with van der Waals surface area (Å²) in [6, 6.07) is 8.97. The van der Waals surface area contributed by atoms with Crippen molar-refractivity contribution in [1.29, 1.82) is 0 Å². The molecule has 0 N–H and O–H groups in total. The number of rotatable bonds is 4. The van der Waals surface area contributed by atoms with Crippen LogP contribution in [0.4, 0.5) is 11.6 Å². The van der Waals surface area contributed by atoms with Crippen molar-refractivity contribution in [3.63, 3.8) is 0 Å². The highest BCUT2D eigenvalue weighted by Crippen LogP contribution is 2.26. The Bertz CT molecular complexity index is 957. The Morgan fingerprint density at radius 3 is 2.00 bits per heavy atom. The van der Waals surface area contributed by atoms with Crippen LogP contribution in [0.2, 0.25) is 0 Å². The molecule has 1 aromatic heterocycles. The monoisotopic (exact) mass is 480 g/mol. The van der Waals surface area contributed by atoms with Crippen molar-refractivity contribution in [3.05, 3.63) is 41.1 Å². The highest BCUT2D eigenvalue weighted by Gasteiger charge is 2.30. The maximum atomic E-state index is 13.0. The number of aromatic nitrogens is 2. The number of likely N-dealkylation sites (N-methyl/N-ethyl adjacent to an activating group) is 1. The van der Waals surface area contributed by atoms with Gasteiger partial charge in [0, 0.05) is 62.9 Å². The quantitative estimate of drug-likeness (QED) is 0.656. The third-order valence-electron chi connectivity index (χ3n) is 5.48. The molecule has 2 fully saturated rings. The number of nitrogens with zero attached hydrogens (tertiary/aromatic N) is 6. The molecule has 0 unspecified atom stereocenters. The van der Waals surface area contributed by atoms with Gasteiger partial charge in [-0.2, -0.15) is 4.31 Å². The predicted octanol–water partition coefficient (Wildman–Crippen LogP) is 1.50. The molecule has 2 aliphatic heterocycles. The van der Waals surface area contributed by atoms with E-state index in [4.69, 9.17) is 0 Å². The molecular formula is C19H25BrN6O2S. The van der Waals surface area contributed by atoms with Crippen LogP contribution in [-0.2, 0) is 10.0 Å². The maximum absolute atomic E-state index is 13.0. The summed E-state index contributed by atoms with van der Waals surface area (Å²) >= 11 is 3.36. The van der Waals surface area contributed by atoms with Crippen LogP contribution in [0.15, 0.2) is 46.0 Å².